The van der Waals surface area contributed by atoms with Crippen molar-refractivity contribution in [1.29, 1.82) is 0 Å². The minimum absolute atomic E-state index is 0.279. The second-order valence-corrected chi connectivity index (χ2v) is 5.71. The van der Waals surface area contributed by atoms with Crippen LogP contribution >= 0.6 is 15.9 Å². The molecule has 98 valence electrons. The van der Waals surface area contributed by atoms with Crippen molar-refractivity contribution in [2.24, 2.45) is 0 Å². The Balaban J connectivity index is 2.14. The predicted molar refractivity (Wildman–Crippen MR) is 73.7 cm³/mol. The predicted octanol–water partition coefficient (Wildman–Crippen LogP) is 2.95. The van der Waals surface area contributed by atoms with E-state index in [1.807, 2.05) is 23.4 Å². The molecule has 0 saturated carbocycles. The first kappa shape index (κ1) is 13.3. The molecule has 0 aromatic carbocycles. The smallest absolute Gasteiger partial charge is 0.0963 e. The van der Waals surface area contributed by atoms with Crippen LogP contribution in [0.4, 0.5) is 0 Å². The Labute approximate surface area is 115 Å². The first-order chi connectivity index (χ1) is 8.61. The third-order valence-electron chi connectivity index (χ3n) is 2.86. The molecule has 2 heterocycles. The summed E-state index contributed by atoms with van der Waals surface area (Å²) in [5.41, 5.74) is 2.12. The molecule has 0 N–H and O–H groups in total. The molecule has 0 bridgehead atoms. The summed E-state index contributed by atoms with van der Waals surface area (Å²) in [6, 6.07) is 0.407. The summed E-state index contributed by atoms with van der Waals surface area (Å²) in [5, 5.41) is 8.33. The molecule has 0 fully saturated rings. The fourth-order valence-electron chi connectivity index (χ4n) is 1.83. The molecule has 1 unspecified atom stereocenters. The van der Waals surface area contributed by atoms with Gasteiger partial charge in [-0.3, -0.25) is 0 Å². The molecule has 6 heteroatoms. The lowest BCUT2D eigenvalue weighted by Gasteiger charge is -2.11. The molecular formula is C12H18BrN5. The molecule has 1 atom stereocenters. The maximum atomic E-state index is 4.19. The average Bonchev–Trinajstić information content (AvgIpc) is 2.97. The van der Waals surface area contributed by atoms with E-state index in [2.05, 4.69) is 56.6 Å². The van der Waals surface area contributed by atoms with Gasteiger partial charge in [0, 0.05) is 6.04 Å². The molecule has 0 amide bonds. The van der Waals surface area contributed by atoms with E-state index in [4.69, 9.17) is 0 Å². The average molecular weight is 312 g/mol. The maximum Gasteiger partial charge on any atom is 0.0963 e. The standard InChI is InChI=1S/C12H18BrN5/c1-4-11(13)12-7-17(16-15-12)6-10-5-14-8-18(10)9(2)3/h5,7-9,11H,4,6H2,1-3H3. The molecule has 5 nitrogen and oxygen atoms in total. The van der Waals surface area contributed by atoms with Crippen molar-refractivity contribution in [3.63, 3.8) is 0 Å². The monoisotopic (exact) mass is 311 g/mol. The minimum atomic E-state index is 0.279. The number of hydrogen-bond acceptors (Lipinski definition) is 3. The molecule has 0 aliphatic rings. The quantitative estimate of drug-likeness (QED) is 0.798. The minimum Gasteiger partial charge on any atom is -0.330 e. The normalized spacial score (nSPS) is 13.2. The third-order valence-corrected chi connectivity index (χ3v) is 3.98. The Morgan fingerprint density at radius 1 is 1.39 bits per heavy atom. The molecular weight excluding hydrogens is 294 g/mol. The van der Waals surface area contributed by atoms with Gasteiger partial charge in [0.1, 0.15) is 0 Å². The lowest BCUT2D eigenvalue weighted by atomic mass is 10.3. The molecule has 18 heavy (non-hydrogen) atoms. The Bertz CT molecular complexity index is 502. The molecule has 2 aromatic heterocycles. The van der Waals surface area contributed by atoms with Gasteiger partial charge in [-0.15, -0.1) is 5.10 Å². The Hall–Kier alpha value is -1.17. The molecule has 0 radical (unpaired) electrons. The SMILES string of the molecule is CCC(Br)c1cn(Cc2cncn2C(C)C)nn1. The fraction of sp³-hybridized carbons (Fsp3) is 0.583. The Kier molecular flexibility index (Phi) is 4.16. The second-order valence-electron chi connectivity index (χ2n) is 4.60. The van der Waals surface area contributed by atoms with E-state index in [1.165, 1.54) is 0 Å². The first-order valence-corrected chi connectivity index (χ1v) is 7.08. The lowest BCUT2D eigenvalue weighted by Crippen LogP contribution is -2.09. The summed E-state index contributed by atoms with van der Waals surface area (Å²) in [6.45, 7) is 7.11. The van der Waals surface area contributed by atoms with E-state index in [9.17, 15) is 0 Å². The molecule has 2 aromatic rings. The van der Waals surface area contributed by atoms with E-state index in [1.54, 1.807) is 0 Å². The van der Waals surface area contributed by atoms with Crippen LogP contribution < -0.4 is 0 Å². The van der Waals surface area contributed by atoms with Gasteiger partial charge in [-0.2, -0.15) is 0 Å². The molecule has 2 rings (SSSR count). The summed E-state index contributed by atoms with van der Waals surface area (Å²) in [6.07, 6.45) is 6.73. The Morgan fingerprint density at radius 3 is 2.83 bits per heavy atom. The summed E-state index contributed by atoms with van der Waals surface area (Å²) in [7, 11) is 0. The summed E-state index contributed by atoms with van der Waals surface area (Å²) in [5.74, 6) is 0. The van der Waals surface area contributed by atoms with Gasteiger partial charge in [0.05, 0.1) is 41.5 Å². The maximum absolute atomic E-state index is 4.19. The van der Waals surface area contributed by atoms with Crippen LogP contribution in [0.2, 0.25) is 0 Å². The van der Waals surface area contributed by atoms with Gasteiger partial charge in [-0.1, -0.05) is 28.1 Å². The fourth-order valence-corrected chi connectivity index (χ4v) is 2.04. The van der Waals surface area contributed by atoms with Crippen LogP contribution in [0.5, 0.6) is 0 Å². The second kappa shape index (κ2) is 5.65. The van der Waals surface area contributed by atoms with Gasteiger partial charge >= 0.3 is 0 Å². The number of aromatic nitrogens is 5. The first-order valence-electron chi connectivity index (χ1n) is 6.16. The van der Waals surface area contributed by atoms with Crippen LogP contribution in [0, 0.1) is 0 Å². The zero-order valence-electron chi connectivity index (χ0n) is 10.9. The van der Waals surface area contributed by atoms with Crippen molar-refractivity contribution in [3.05, 3.63) is 30.1 Å². The summed E-state index contributed by atoms with van der Waals surface area (Å²) >= 11 is 3.58. The van der Waals surface area contributed by atoms with Crippen LogP contribution in [0.15, 0.2) is 18.7 Å². The zero-order valence-corrected chi connectivity index (χ0v) is 12.5. The van der Waals surface area contributed by atoms with E-state index < -0.39 is 0 Å². The van der Waals surface area contributed by atoms with Crippen molar-refractivity contribution in [2.45, 2.75) is 44.6 Å². The van der Waals surface area contributed by atoms with Gasteiger partial charge in [-0.25, -0.2) is 9.67 Å². The van der Waals surface area contributed by atoms with Crippen molar-refractivity contribution in [3.8, 4) is 0 Å². The van der Waals surface area contributed by atoms with Crippen molar-refractivity contribution < 1.29 is 0 Å². The summed E-state index contributed by atoms with van der Waals surface area (Å²) < 4.78 is 4.00. The highest BCUT2D eigenvalue weighted by molar-refractivity contribution is 9.09. The highest BCUT2D eigenvalue weighted by Gasteiger charge is 2.11. The molecule has 0 saturated heterocycles. The van der Waals surface area contributed by atoms with E-state index >= 15 is 0 Å². The largest absolute Gasteiger partial charge is 0.330 e. The van der Waals surface area contributed by atoms with Gasteiger partial charge in [0.15, 0.2) is 0 Å². The van der Waals surface area contributed by atoms with Gasteiger partial charge < -0.3 is 4.57 Å². The van der Waals surface area contributed by atoms with Crippen LogP contribution in [0.1, 0.15) is 49.4 Å². The van der Waals surface area contributed by atoms with Crippen molar-refractivity contribution >= 4 is 15.9 Å². The van der Waals surface area contributed by atoms with E-state index in [0.29, 0.717) is 12.6 Å². The zero-order chi connectivity index (χ0) is 13.1. The molecule has 0 aliphatic heterocycles. The van der Waals surface area contributed by atoms with Gasteiger partial charge in [-0.05, 0) is 20.3 Å². The topological polar surface area (TPSA) is 48.5 Å². The van der Waals surface area contributed by atoms with Gasteiger partial charge in [0.25, 0.3) is 0 Å². The van der Waals surface area contributed by atoms with E-state index in [0.717, 1.165) is 17.8 Å². The molecule has 0 aliphatic carbocycles. The number of rotatable bonds is 5. The third kappa shape index (κ3) is 2.80. The van der Waals surface area contributed by atoms with Crippen molar-refractivity contribution in [1.82, 2.24) is 24.5 Å². The van der Waals surface area contributed by atoms with Crippen LogP contribution in [-0.4, -0.2) is 24.5 Å². The van der Waals surface area contributed by atoms with E-state index in [-0.39, 0.29) is 4.83 Å². The number of hydrogen-bond donors (Lipinski definition) is 0. The van der Waals surface area contributed by atoms with Crippen LogP contribution in [-0.2, 0) is 6.54 Å². The van der Waals surface area contributed by atoms with Crippen molar-refractivity contribution in [2.75, 3.05) is 0 Å². The Morgan fingerprint density at radius 2 is 2.17 bits per heavy atom. The van der Waals surface area contributed by atoms with Crippen LogP contribution in [0.3, 0.4) is 0 Å². The number of nitrogens with zero attached hydrogens (tertiary/aromatic N) is 5. The summed E-state index contributed by atoms with van der Waals surface area (Å²) in [4.78, 5) is 4.47. The highest BCUT2D eigenvalue weighted by Crippen LogP contribution is 2.23. The molecule has 0 spiro atoms. The van der Waals surface area contributed by atoms with Gasteiger partial charge in [0.2, 0.25) is 0 Å². The lowest BCUT2D eigenvalue weighted by molar-refractivity contribution is 0.541. The highest BCUT2D eigenvalue weighted by atomic mass is 79.9. The number of imidazole rings is 1. The van der Waals surface area contributed by atoms with Crippen LogP contribution in [0.25, 0.3) is 0 Å². The number of alkyl halides is 1. The number of halogens is 1.